The van der Waals surface area contributed by atoms with Crippen molar-refractivity contribution in [2.45, 2.75) is 25.8 Å². The van der Waals surface area contributed by atoms with Gasteiger partial charge in [0.05, 0.1) is 25.3 Å². The fourth-order valence-corrected chi connectivity index (χ4v) is 4.32. The van der Waals surface area contributed by atoms with E-state index in [-0.39, 0.29) is 30.1 Å². The quantitative estimate of drug-likeness (QED) is 0.730. The molecule has 152 valence electrons. The monoisotopic (exact) mass is 388 g/mol. The molecular formula is C20H28N4O4. The van der Waals surface area contributed by atoms with Gasteiger partial charge in [0.15, 0.2) is 0 Å². The molecule has 3 aliphatic heterocycles. The third-order valence-corrected chi connectivity index (χ3v) is 5.99. The zero-order chi connectivity index (χ0) is 19.5. The standard InChI is InChI=1S/C20H28N4O4/c25-18-12-16(13-24(18)14-17-4-3-11-28-17)20(27)23-9-7-21(8-10-23)15-19(26)22-5-1-2-6-22/h3-4,11,16H,1-2,5-10,12-15H2. The molecule has 1 aromatic rings. The molecule has 0 aliphatic carbocycles. The molecule has 28 heavy (non-hydrogen) atoms. The van der Waals surface area contributed by atoms with Crippen LogP contribution in [-0.4, -0.2) is 89.7 Å². The lowest BCUT2D eigenvalue weighted by Gasteiger charge is -2.36. The average molecular weight is 388 g/mol. The van der Waals surface area contributed by atoms with Gasteiger partial charge in [-0.2, -0.15) is 0 Å². The van der Waals surface area contributed by atoms with Gasteiger partial charge in [-0.25, -0.2) is 0 Å². The summed E-state index contributed by atoms with van der Waals surface area (Å²) in [5.74, 6) is 0.718. The summed E-state index contributed by atoms with van der Waals surface area (Å²) in [6, 6.07) is 3.64. The predicted octanol–water partition coefficient (Wildman–Crippen LogP) is 0.395. The van der Waals surface area contributed by atoms with Crippen LogP contribution in [0.1, 0.15) is 25.0 Å². The third kappa shape index (κ3) is 4.22. The lowest BCUT2D eigenvalue weighted by Crippen LogP contribution is -2.52. The molecule has 4 rings (SSSR count). The van der Waals surface area contributed by atoms with Crippen LogP contribution in [0.3, 0.4) is 0 Å². The molecule has 8 nitrogen and oxygen atoms in total. The first-order valence-electron chi connectivity index (χ1n) is 10.2. The van der Waals surface area contributed by atoms with Crippen molar-refractivity contribution < 1.29 is 18.8 Å². The minimum absolute atomic E-state index is 0.00426. The number of piperazine rings is 1. The van der Waals surface area contributed by atoms with Crippen molar-refractivity contribution in [1.82, 2.24) is 19.6 Å². The average Bonchev–Trinajstić information content (AvgIpc) is 3.45. The number of nitrogens with zero attached hydrogens (tertiary/aromatic N) is 4. The van der Waals surface area contributed by atoms with Gasteiger partial charge in [0, 0.05) is 52.2 Å². The number of amides is 3. The fourth-order valence-electron chi connectivity index (χ4n) is 4.32. The first-order valence-corrected chi connectivity index (χ1v) is 10.2. The Morgan fingerprint density at radius 1 is 1.04 bits per heavy atom. The molecule has 0 bridgehead atoms. The zero-order valence-corrected chi connectivity index (χ0v) is 16.2. The summed E-state index contributed by atoms with van der Waals surface area (Å²) in [6.07, 6.45) is 4.07. The van der Waals surface area contributed by atoms with Gasteiger partial charge < -0.3 is 19.1 Å². The van der Waals surface area contributed by atoms with Crippen LogP contribution in [0, 0.1) is 5.92 Å². The van der Waals surface area contributed by atoms with Gasteiger partial charge in [0.1, 0.15) is 5.76 Å². The second kappa shape index (κ2) is 8.34. The molecule has 1 atom stereocenters. The number of carbonyl (C=O) groups excluding carboxylic acids is 3. The van der Waals surface area contributed by atoms with E-state index in [1.807, 2.05) is 15.9 Å². The van der Waals surface area contributed by atoms with E-state index < -0.39 is 0 Å². The Labute approximate surface area is 165 Å². The summed E-state index contributed by atoms with van der Waals surface area (Å²) in [5, 5.41) is 0. The summed E-state index contributed by atoms with van der Waals surface area (Å²) >= 11 is 0. The number of likely N-dealkylation sites (tertiary alicyclic amines) is 2. The molecule has 0 N–H and O–H groups in total. The second-order valence-electron chi connectivity index (χ2n) is 7.94. The maximum absolute atomic E-state index is 12.9. The highest BCUT2D eigenvalue weighted by Crippen LogP contribution is 2.23. The summed E-state index contributed by atoms with van der Waals surface area (Å²) in [6.45, 7) is 5.73. The SMILES string of the molecule is O=C(CN1CCN(C(=O)C2CC(=O)N(Cc3ccco3)C2)CC1)N1CCCC1. The lowest BCUT2D eigenvalue weighted by atomic mass is 10.1. The summed E-state index contributed by atoms with van der Waals surface area (Å²) < 4.78 is 5.31. The van der Waals surface area contributed by atoms with Crippen molar-refractivity contribution in [2.75, 3.05) is 52.4 Å². The molecule has 3 saturated heterocycles. The molecule has 0 radical (unpaired) electrons. The number of hydrogen-bond acceptors (Lipinski definition) is 5. The van der Waals surface area contributed by atoms with Crippen LogP contribution in [-0.2, 0) is 20.9 Å². The highest BCUT2D eigenvalue weighted by Gasteiger charge is 2.37. The number of furan rings is 1. The summed E-state index contributed by atoms with van der Waals surface area (Å²) in [5.41, 5.74) is 0. The van der Waals surface area contributed by atoms with E-state index in [0.29, 0.717) is 45.8 Å². The van der Waals surface area contributed by atoms with E-state index in [1.54, 1.807) is 17.2 Å². The molecule has 3 amide bonds. The van der Waals surface area contributed by atoms with Gasteiger partial charge in [0.2, 0.25) is 17.7 Å². The summed E-state index contributed by atoms with van der Waals surface area (Å²) in [7, 11) is 0. The maximum Gasteiger partial charge on any atom is 0.236 e. The molecular weight excluding hydrogens is 360 g/mol. The van der Waals surface area contributed by atoms with Crippen molar-refractivity contribution >= 4 is 17.7 Å². The minimum Gasteiger partial charge on any atom is -0.467 e. The van der Waals surface area contributed by atoms with Gasteiger partial charge >= 0.3 is 0 Å². The van der Waals surface area contributed by atoms with Gasteiger partial charge in [-0.15, -0.1) is 0 Å². The Bertz CT molecular complexity index is 706. The van der Waals surface area contributed by atoms with Crippen LogP contribution in [0.25, 0.3) is 0 Å². The maximum atomic E-state index is 12.9. The Kier molecular flexibility index (Phi) is 5.66. The van der Waals surface area contributed by atoms with Crippen LogP contribution in [0.4, 0.5) is 0 Å². The van der Waals surface area contributed by atoms with Crippen molar-refractivity contribution in [1.29, 1.82) is 0 Å². The van der Waals surface area contributed by atoms with Crippen LogP contribution < -0.4 is 0 Å². The third-order valence-electron chi connectivity index (χ3n) is 5.99. The van der Waals surface area contributed by atoms with E-state index in [9.17, 15) is 14.4 Å². The molecule has 1 aromatic heterocycles. The van der Waals surface area contributed by atoms with Gasteiger partial charge in [-0.1, -0.05) is 0 Å². The predicted molar refractivity (Wildman–Crippen MR) is 101 cm³/mol. The molecule has 0 spiro atoms. The molecule has 8 heteroatoms. The van der Waals surface area contributed by atoms with E-state index >= 15 is 0 Å². The fraction of sp³-hybridized carbons (Fsp3) is 0.650. The first-order chi connectivity index (χ1) is 13.6. The first kappa shape index (κ1) is 19.0. The smallest absolute Gasteiger partial charge is 0.236 e. The van der Waals surface area contributed by atoms with Crippen LogP contribution in [0.15, 0.2) is 22.8 Å². The topological polar surface area (TPSA) is 77.3 Å². The highest BCUT2D eigenvalue weighted by molar-refractivity contribution is 5.89. The molecule has 0 saturated carbocycles. The van der Waals surface area contributed by atoms with E-state index in [4.69, 9.17) is 4.42 Å². The van der Waals surface area contributed by atoms with Crippen molar-refractivity contribution in [3.05, 3.63) is 24.2 Å². The van der Waals surface area contributed by atoms with Gasteiger partial charge in [-0.3, -0.25) is 19.3 Å². The van der Waals surface area contributed by atoms with Crippen molar-refractivity contribution in [3.8, 4) is 0 Å². The normalized spacial score (nSPS) is 23.6. The number of hydrogen-bond donors (Lipinski definition) is 0. The van der Waals surface area contributed by atoms with Crippen LogP contribution in [0.5, 0.6) is 0 Å². The molecule has 1 unspecified atom stereocenters. The Balaban J connectivity index is 1.23. The number of carbonyl (C=O) groups is 3. The molecule has 3 aliphatic rings. The number of rotatable bonds is 5. The summed E-state index contributed by atoms with van der Waals surface area (Å²) in [4.78, 5) is 45.0. The van der Waals surface area contributed by atoms with Crippen molar-refractivity contribution in [3.63, 3.8) is 0 Å². The lowest BCUT2D eigenvalue weighted by molar-refractivity contribution is -0.138. The largest absolute Gasteiger partial charge is 0.467 e. The Hall–Kier alpha value is -2.35. The molecule has 0 aromatic carbocycles. The van der Waals surface area contributed by atoms with Gasteiger partial charge in [-0.05, 0) is 25.0 Å². The van der Waals surface area contributed by atoms with Crippen LogP contribution >= 0.6 is 0 Å². The van der Waals surface area contributed by atoms with E-state index in [1.165, 1.54) is 0 Å². The van der Waals surface area contributed by atoms with Crippen molar-refractivity contribution in [2.24, 2.45) is 5.92 Å². The van der Waals surface area contributed by atoms with E-state index in [2.05, 4.69) is 4.90 Å². The highest BCUT2D eigenvalue weighted by atomic mass is 16.3. The van der Waals surface area contributed by atoms with Gasteiger partial charge in [0.25, 0.3) is 0 Å². The molecule has 3 fully saturated rings. The zero-order valence-electron chi connectivity index (χ0n) is 16.2. The van der Waals surface area contributed by atoms with E-state index in [0.717, 1.165) is 31.7 Å². The van der Waals surface area contributed by atoms with Crippen LogP contribution in [0.2, 0.25) is 0 Å². The second-order valence-corrected chi connectivity index (χ2v) is 7.94. The minimum atomic E-state index is -0.278. The Morgan fingerprint density at radius 3 is 2.46 bits per heavy atom. The molecule has 4 heterocycles. The Morgan fingerprint density at radius 2 is 1.79 bits per heavy atom.